The van der Waals surface area contributed by atoms with Gasteiger partial charge >= 0.3 is 0 Å². The molecule has 0 bridgehead atoms. The third kappa shape index (κ3) is 5.36. The van der Waals surface area contributed by atoms with Crippen molar-refractivity contribution < 1.29 is 21.2 Å². The summed E-state index contributed by atoms with van der Waals surface area (Å²) in [5.41, 5.74) is 1.35. The second-order valence-corrected chi connectivity index (χ2v) is 11.2. The van der Waals surface area contributed by atoms with Crippen molar-refractivity contribution in [2.24, 2.45) is 0 Å². The molecular formula is C22H23FN2O4S2. The van der Waals surface area contributed by atoms with Crippen LogP contribution >= 0.6 is 0 Å². The van der Waals surface area contributed by atoms with Crippen molar-refractivity contribution in [3.8, 4) is 0 Å². The Morgan fingerprint density at radius 3 is 2.03 bits per heavy atom. The van der Waals surface area contributed by atoms with Crippen LogP contribution in [0.15, 0.2) is 82.8 Å². The molecular weight excluding hydrogens is 439 g/mol. The fourth-order valence-corrected chi connectivity index (χ4v) is 5.86. The van der Waals surface area contributed by atoms with E-state index in [1.807, 2.05) is 13.8 Å². The molecule has 3 rings (SSSR count). The van der Waals surface area contributed by atoms with Gasteiger partial charge in [-0.2, -0.15) is 0 Å². The van der Waals surface area contributed by atoms with E-state index in [9.17, 15) is 21.2 Å². The molecule has 0 aliphatic carbocycles. The summed E-state index contributed by atoms with van der Waals surface area (Å²) in [6.45, 7) is 3.61. The Labute approximate surface area is 182 Å². The molecule has 1 atom stereocenters. The van der Waals surface area contributed by atoms with Gasteiger partial charge in [-0.3, -0.25) is 4.98 Å². The van der Waals surface area contributed by atoms with E-state index in [1.54, 1.807) is 24.3 Å². The van der Waals surface area contributed by atoms with Crippen LogP contribution in [0.3, 0.4) is 0 Å². The number of aromatic nitrogens is 1. The summed E-state index contributed by atoms with van der Waals surface area (Å²) >= 11 is 0. The molecule has 31 heavy (non-hydrogen) atoms. The lowest BCUT2D eigenvalue weighted by atomic mass is 10.0. The van der Waals surface area contributed by atoms with E-state index in [1.165, 1.54) is 24.5 Å². The van der Waals surface area contributed by atoms with Crippen LogP contribution in [0.1, 0.15) is 36.1 Å². The van der Waals surface area contributed by atoms with Crippen molar-refractivity contribution in [1.29, 1.82) is 0 Å². The van der Waals surface area contributed by atoms with Crippen molar-refractivity contribution in [2.45, 2.75) is 34.8 Å². The number of hydrogen-bond donors (Lipinski definition) is 1. The predicted octanol–water partition coefficient (Wildman–Crippen LogP) is 3.84. The number of sulfonamides is 1. The van der Waals surface area contributed by atoms with Crippen LogP contribution in [-0.2, 0) is 19.9 Å². The smallest absolute Gasteiger partial charge is 0.240 e. The molecule has 0 aliphatic heterocycles. The van der Waals surface area contributed by atoms with Gasteiger partial charge in [-0.15, -0.1) is 0 Å². The largest absolute Gasteiger partial charge is 0.264 e. The van der Waals surface area contributed by atoms with Gasteiger partial charge in [-0.05, 0) is 59.5 Å². The third-order valence-electron chi connectivity index (χ3n) is 4.89. The number of hydrogen-bond acceptors (Lipinski definition) is 5. The highest BCUT2D eigenvalue weighted by Gasteiger charge is 2.31. The maximum Gasteiger partial charge on any atom is 0.240 e. The summed E-state index contributed by atoms with van der Waals surface area (Å²) in [4.78, 5) is 3.91. The Morgan fingerprint density at radius 1 is 0.871 bits per heavy atom. The summed E-state index contributed by atoms with van der Waals surface area (Å²) in [6, 6.07) is 14.0. The zero-order valence-corrected chi connectivity index (χ0v) is 18.7. The maximum atomic E-state index is 13.4. The van der Waals surface area contributed by atoms with Crippen molar-refractivity contribution in [3.63, 3.8) is 0 Å². The average molecular weight is 463 g/mol. The molecule has 0 radical (unpaired) electrons. The summed E-state index contributed by atoms with van der Waals surface area (Å²) < 4.78 is 67.5. The second-order valence-electron chi connectivity index (χ2n) is 7.35. The normalized spacial score (nSPS) is 13.3. The molecule has 1 N–H and O–H groups in total. The van der Waals surface area contributed by atoms with Gasteiger partial charge in [0.05, 0.1) is 9.79 Å². The monoisotopic (exact) mass is 462 g/mol. The minimum absolute atomic E-state index is 0.0896. The zero-order chi connectivity index (χ0) is 22.6. The Balaban J connectivity index is 1.94. The number of nitrogens with one attached hydrogen (secondary N) is 1. The van der Waals surface area contributed by atoms with Gasteiger partial charge < -0.3 is 0 Å². The fraction of sp³-hybridized carbons (Fsp3) is 0.227. The van der Waals surface area contributed by atoms with E-state index in [0.717, 1.165) is 29.8 Å². The predicted molar refractivity (Wildman–Crippen MR) is 116 cm³/mol. The van der Waals surface area contributed by atoms with Gasteiger partial charge in [0.2, 0.25) is 10.0 Å². The molecule has 9 heteroatoms. The summed E-state index contributed by atoms with van der Waals surface area (Å²) in [6.07, 6.45) is 2.91. The van der Waals surface area contributed by atoms with Crippen LogP contribution in [0, 0.1) is 5.82 Å². The summed E-state index contributed by atoms with van der Waals surface area (Å²) in [7, 11) is -7.98. The number of pyridine rings is 1. The van der Waals surface area contributed by atoms with E-state index < -0.39 is 37.5 Å². The Morgan fingerprint density at radius 2 is 1.48 bits per heavy atom. The standard InChI is InChI=1S/C22H23FN2O4S2/c1-16(2)17-5-9-20(10-6-17)30(26,27)22(18-4-3-13-24-14-18)15-25-31(28,29)21-11-7-19(23)8-12-21/h3-14,16,22,25H,15H2,1-2H3. The molecule has 3 aromatic rings. The highest BCUT2D eigenvalue weighted by molar-refractivity contribution is 7.92. The lowest BCUT2D eigenvalue weighted by Gasteiger charge is -2.19. The number of nitrogens with zero attached hydrogens (tertiary/aromatic N) is 1. The van der Waals surface area contributed by atoms with E-state index in [-0.39, 0.29) is 15.7 Å². The van der Waals surface area contributed by atoms with Gasteiger partial charge in [0.15, 0.2) is 9.84 Å². The van der Waals surface area contributed by atoms with E-state index >= 15 is 0 Å². The first-order valence-electron chi connectivity index (χ1n) is 9.60. The van der Waals surface area contributed by atoms with Crippen LogP contribution in [-0.4, -0.2) is 28.4 Å². The Hall–Kier alpha value is -2.62. The van der Waals surface area contributed by atoms with E-state index in [0.29, 0.717) is 5.56 Å². The molecule has 0 aliphatic rings. The molecule has 164 valence electrons. The van der Waals surface area contributed by atoms with Gasteiger partial charge in [0.1, 0.15) is 11.1 Å². The first kappa shape index (κ1) is 23.1. The lowest BCUT2D eigenvalue weighted by molar-refractivity contribution is 0.568. The van der Waals surface area contributed by atoms with Crippen molar-refractivity contribution in [1.82, 2.24) is 9.71 Å². The molecule has 0 saturated heterocycles. The highest BCUT2D eigenvalue weighted by Crippen LogP contribution is 2.29. The van der Waals surface area contributed by atoms with Crippen LogP contribution in [0.2, 0.25) is 0 Å². The SMILES string of the molecule is CC(C)c1ccc(S(=O)(=O)C(CNS(=O)(=O)c2ccc(F)cc2)c2cccnc2)cc1. The molecule has 0 spiro atoms. The summed E-state index contributed by atoms with van der Waals surface area (Å²) in [5.74, 6) is -0.326. The molecule has 0 fully saturated rings. The minimum atomic E-state index is -4.04. The van der Waals surface area contributed by atoms with Gasteiger partial charge in [0, 0.05) is 18.9 Å². The molecule has 0 amide bonds. The maximum absolute atomic E-state index is 13.4. The number of halogens is 1. The summed E-state index contributed by atoms with van der Waals surface area (Å²) in [5, 5.41) is -1.19. The molecule has 1 heterocycles. The number of benzene rings is 2. The topological polar surface area (TPSA) is 93.2 Å². The molecule has 2 aromatic carbocycles. The Kier molecular flexibility index (Phi) is 6.88. The van der Waals surface area contributed by atoms with Crippen molar-refractivity contribution >= 4 is 19.9 Å². The molecule has 1 aromatic heterocycles. The van der Waals surface area contributed by atoms with Gasteiger partial charge in [-0.25, -0.2) is 25.9 Å². The number of rotatable bonds is 8. The molecule has 6 nitrogen and oxygen atoms in total. The van der Waals surface area contributed by atoms with Crippen LogP contribution < -0.4 is 4.72 Å². The average Bonchev–Trinajstić information content (AvgIpc) is 2.75. The van der Waals surface area contributed by atoms with Gasteiger partial charge in [0.25, 0.3) is 0 Å². The van der Waals surface area contributed by atoms with Crippen LogP contribution in [0.4, 0.5) is 4.39 Å². The second kappa shape index (κ2) is 9.25. The van der Waals surface area contributed by atoms with Crippen LogP contribution in [0.5, 0.6) is 0 Å². The lowest BCUT2D eigenvalue weighted by Crippen LogP contribution is -2.32. The van der Waals surface area contributed by atoms with E-state index in [2.05, 4.69) is 9.71 Å². The molecule has 1 unspecified atom stereocenters. The van der Waals surface area contributed by atoms with E-state index in [4.69, 9.17) is 0 Å². The third-order valence-corrected chi connectivity index (χ3v) is 8.45. The Bertz CT molecular complexity index is 1230. The fourth-order valence-electron chi connectivity index (χ4n) is 3.06. The van der Waals surface area contributed by atoms with Crippen LogP contribution in [0.25, 0.3) is 0 Å². The zero-order valence-electron chi connectivity index (χ0n) is 17.1. The van der Waals surface area contributed by atoms with Crippen molar-refractivity contribution in [3.05, 3.63) is 90.0 Å². The quantitative estimate of drug-likeness (QED) is 0.549. The number of sulfone groups is 1. The first-order valence-corrected chi connectivity index (χ1v) is 12.6. The molecule has 0 saturated carbocycles. The first-order chi connectivity index (χ1) is 14.6. The van der Waals surface area contributed by atoms with Gasteiger partial charge in [-0.1, -0.05) is 32.0 Å². The van der Waals surface area contributed by atoms with Crippen molar-refractivity contribution in [2.75, 3.05) is 6.54 Å². The highest BCUT2D eigenvalue weighted by atomic mass is 32.2. The minimum Gasteiger partial charge on any atom is -0.264 e.